The van der Waals surface area contributed by atoms with Gasteiger partial charge in [0, 0.05) is 5.69 Å². The SMILES string of the molecule is COC(=O)C1C2C=CC3(CN(c4cccc(C(F)(F)F)c4)C(=O)C13)O2. The van der Waals surface area contributed by atoms with Gasteiger partial charge in [-0.05, 0) is 18.2 Å². The zero-order chi connectivity index (χ0) is 18.0. The molecule has 1 aromatic carbocycles. The third-order valence-corrected chi connectivity index (χ3v) is 5.06. The molecule has 2 fully saturated rings. The fourth-order valence-electron chi connectivity index (χ4n) is 3.97. The quantitative estimate of drug-likeness (QED) is 0.604. The lowest BCUT2D eigenvalue weighted by Crippen LogP contribution is -2.39. The fourth-order valence-corrected chi connectivity index (χ4v) is 3.97. The summed E-state index contributed by atoms with van der Waals surface area (Å²) < 4.78 is 49.4. The number of carbonyl (C=O) groups is 2. The van der Waals surface area contributed by atoms with Crippen molar-refractivity contribution in [2.24, 2.45) is 11.8 Å². The maximum atomic E-state index is 12.9. The number of anilines is 1. The van der Waals surface area contributed by atoms with E-state index < -0.39 is 47.2 Å². The van der Waals surface area contributed by atoms with Crippen LogP contribution in [0.15, 0.2) is 36.4 Å². The van der Waals surface area contributed by atoms with Crippen LogP contribution < -0.4 is 4.90 Å². The third-order valence-electron chi connectivity index (χ3n) is 5.06. The second-order valence-corrected chi connectivity index (χ2v) is 6.40. The monoisotopic (exact) mass is 353 g/mol. The summed E-state index contributed by atoms with van der Waals surface area (Å²) in [5.74, 6) is -2.55. The first-order chi connectivity index (χ1) is 11.8. The second-order valence-electron chi connectivity index (χ2n) is 6.40. The lowest BCUT2D eigenvalue weighted by atomic mass is 9.77. The molecule has 3 aliphatic heterocycles. The van der Waals surface area contributed by atoms with E-state index in [0.29, 0.717) is 0 Å². The van der Waals surface area contributed by atoms with Crippen molar-refractivity contribution in [2.75, 3.05) is 18.6 Å². The Morgan fingerprint density at radius 1 is 1.40 bits per heavy atom. The van der Waals surface area contributed by atoms with Gasteiger partial charge in [-0.15, -0.1) is 0 Å². The minimum absolute atomic E-state index is 0.0678. The van der Waals surface area contributed by atoms with Gasteiger partial charge in [-0.25, -0.2) is 0 Å². The first-order valence-electron chi connectivity index (χ1n) is 7.70. The molecule has 8 heteroatoms. The minimum atomic E-state index is -4.50. The largest absolute Gasteiger partial charge is 0.469 e. The molecule has 0 radical (unpaired) electrons. The molecule has 132 valence electrons. The van der Waals surface area contributed by atoms with Crippen LogP contribution in [-0.4, -0.2) is 37.2 Å². The molecule has 0 saturated carbocycles. The van der Waals surface area contributed by atoms with Crippen LogP contribution in [0.5, 0.6) is 0 Å². The van der Waals surface area contributed by atoms with Crippen LogP contribution in [0.1, 0.15) is 5.56 Å². The topological polar surface area (TPSA) is 55.8 Å². The molecule has 4 atom stereocenters. The van der Waals surface area contributed by atoms with Crippen molar-refractivity contribution in [2.45, 2.75) is 17.9 Å². The Balaban J connectivity index is 1.71. The lowest BCUT2D eigenvalue weighted by molar-refractivity contribution is -0.149. The zero-order valence-corrected chi connectivity index (χ0v) is 13.1. The van der Waals surface area contributed by atoms with E-state index in [1.54, 1.807) is 12.2 Å². The minimum Gasteiger partial charge on any atom is -0.469 e. The Bertz CT molecular complexity index is 790. The van der Waals surface area contributed by atoms with Crippen molar-refractivity contribution < 1.29 is 32.2 Å². The summed E-state index contributed by atoms with van der Waals surface area (Å²) in [7, 11) is 1.23. The molecule has 0 aromatic heterocycles. The molecular formula is C17H14F3NO4. The maximum absolute atomic E-state index is 12.9. The standard InChI is InChI=1S/C17H14F3NO4/c1-24-15(23)12-11-5-6-16(25-11)8-21(14(22)13(12)16)10-4-2-3-9(7-10)17(18,19)20/h2-7,11-13H,8H2,1H3. The van der Waals surface area contributed by atoms with E-state index in [4.69, 9.17) is 9.47 Å². The average molecular weight is 353 g/mol. The number of benzene rings is 1. The Morgan fingerprint density at radius 2 is 2.16 bits per heavy atom. The zero-order valence-electron chi connectivity index (χ0n) is 13.1. The predicted molar refractivity (Wildman–Crippen MR) is 79.5 cm³/mol. The van der Waals surface area contributed by atoms with Gasteiger partial charge < -0.3 is 14.4 Å². The second kappa shape index (κ2) is 5.08. The molecule has 1 spiro atoms. The Labute approximate surface area is 141 Å². The highest BCUT2D eigenvalue weighted by molar-refractivity contribution is 6.02. The third kappa shape index (κ3) is 2.20. The molecule has 25 heavy (non-hydrogen) atoms. The van der Waals surface area contributed by atoms with Gasteiger partial charge in [0.05, 0.1) is 31.2 Å². The first-order valence-corrected chi connectivity index (χ1v) is 7.70. The van der Waals surface area contributed by atoms with Crippen LogP contribution in [0.3, 0.4) is 0 Å². The van der Waals surface area contributed by atoms with E-state index in [9.17, 15) is 22.8 Å². The van der Waals surface area contributed by atoms with E-state index in [0.717, 1.165) is 12.1 Å². The smallest absolute Gasteiger partial charge is 0.416 e. The summed E-state index contributed by atoms with van der Waals surface area (Å²) in [5.41, 5.74) is -1.69. The number of amides is 1. The first kappa shape index (κ1) is 16.1. The molecule has 0 aliphatic carbocycles. The van der Waals surface area contributed by atoms with Crippen molar-refractivity contribution in [3.63, 3.8) is 0 Å². The van der Waals surface area contributed by atoms with Gasteiger partial charge in [-0.3, -0.25) is 9.59 Å². The average Bonchev–Trinajstić information content (AvgIpc) is 3.22. The van der Waals surface area contributed by atoms with Gasteiger partial charge in [0.1, 0.15) is 11.5 Å². The lowest BCUT2D eigenvalue weighted by Gasteiger charge is -2.22. The number of fused-ring (bicyclic) bond motifs is 1. The fraction of sp³-hybridized carbons (Fsp3) is 0.412. The molecule has 5 nitrogen and oxygen atoms in total. The predicted octanol–water partition coefficient (Wildman–Crippen LogP) is 2.16. The molecule has 1 amide bonds. The van der Waals surface area contributed by atoms with Crippen molar-refractivity contribution in [1.29, 1.82) is 0 Å². The number of hydrogen-bond donors (Lipinski definition) is 0. The number of alkyl halides is 3. The number of hydrogen-bond acceptors (Lipinski definition) is 4. The van der Waals surface area contributed by atoms with Gasteiger partial charge in [0.15, 0.2) is 0 Å². The highest BCUT2D eigenvalue weighted by Crippen LogP contribution is 2.53. The van der Waals surface area contributed by atoms with Crippen LogP contribution in [0, 0.1) is 11.8 Å². The summed E-state index contributed by atoms with van der Waals surface area (Å²) >= 11 is 0. The molecule has 3 heterocycles. The molecule has 4 rings (SSSR count). The van der Waals surface area contributed by atoms with Crippen molar-refractivity contribution in [3.8, 4) is 0 Å². The molecule has 1 aromatic rings. The van der Waals surface area contributed by atoms with Gasteiger partial charge in [-0.2, -0.15) is 13.2 Å². The van der Waals surface area contributed by atoms with Gasteiger partial charge in [0.25, 0.3) is 0 Å². The van der Waals surface area contributed by atoms with E-state index in [2.05, 4.69) is 0 Å². The molecule has 0 N–H and O–H groups in total. The van der Waals surface area contributed by atoms with Crippen LogP contribution in [0.4, 0.5) is 18.9 Å². The van der Waals surface area contributed by atoms with Crippen LogP contribution >= 0.6 is 0 Å². The molecule has 2 bridgehead atoms. The van der Waals surface area contributed by atoms with Gasteiger partial charge in [-0.1, -0.05) is 18.2 Å². The summed E-state index contributed by atoms with van der Waals surface area (Å²) in [6.45, 7) is 0.0678. The molecular weight excluding hydrogens is 339 g/mol. The Hall–Kier alpha value is -2.35. The van der Waals surface area contributed by atoms with E-state index >= 15 is 0 Å². The molecule has 3 aliphatic rings. The number of methoxy groups -OCH3 is 1. The number of nitrogens with zero attached hydrogens (tertiary/aromatic N) is 1. The maximum Gasteiger partial charge on any atom is 0.416 e. The highest BCUT2D eigenvalue weighted by Gasteiger charge is 2.67. The number of carbonyl (C=O) groups excluding carboxylic acids is 2. The highest BCUT2D eigenvalue weighted by atomic mass is 19.4. The van der Waals surface area contributed by atoms with Crippen LogP contribution in [-0.2, 0) is 25.2 Å². The number of halogens is 3. The summed E-state index contributed by atoms with van der Waals surface area (Å²) in [6, 6.07) is 4.57. The summed E-state index contributed by atoms with van der Waals surface area (Å²) in [6.07, 6.45) is -1.60. The van der Waals surface area contributed by atoms with Crippen LogP contribution in [0.2, 0.25) is 0 Å². The normalized spacial score (nSPS) is 33.0. The van der Waals surface area contributed by atoms with Gasteiger partial charge >= 0.3 is 12.1 Å². The summed E-state index contributed by atoms with van der Waals surface area (Å²) in [4.78, 5) is 26.2. The van der Waals surface area contributed by atoms with Crippen LogP contribution in [0.25, 0.3) is 0 Å². The number of rotatable bonds is 2. The van der Waals surface area contributed by atoms with E-state index in [1.807, 2.05) is 0 Å². The molecule has 4 unspecified atom stereocenters. The molecule has 2 saturated heterocycles. The van der Waals surface area contributed by atoms with Gasteiger partial charge in [0.2, 0.25) is 5.91 Å². The Morgan fingerprint density at radius 3 is 2.84 bits per heavy atom. The number of ether oxygens (including phenoxy) is 2. The van der Waals surface area contributed by atoms with Crippen molar-refractivity contribution in [1.82, 2.24) is 0 Å². The summed E-state index contributed by atoms with van der Waals surface area (Å²) in [5, 5.41) is 0. The van der Waals surface area contributed by atoms with E-state index in [1.165, 1.54) is 24.1 Å². The number of esters is 1. The van der Waals surface area contributed by atoms with Crippen molar-refractivity contribution in [3.05, 3.63) is 42.0 Å². The van der Waals surface area contributed by atoms with E-state index in [-0.39, 0.29) is 12.2 Å². The van der Waals surface area contributed by atoms with Crippen molar-refractivity contribution >= 4 is 17.6 Å². The Kier molecular flexibility index (Phi) is 3.28.